The quantitative estimate of drug-likeness (QED) is 0.232. The lowest BCUT2D eigenvalue weighted by molar-refractivity contribution is -0.112. The van der Waals surface area contributed by atoms with Crippen LogP contribution in [0, 0.1) is 11.3 Å². The number of aromatic nitrogens is 2. The number of rotatable bonds is 9. The van der Waals surface area contributed by atoms with Crippen LogP contribution in [-0.2, 0) is 4.79 Å². The van der Waals surface area contributed by atoms with Crippen molar-refractivity contribution in [3.8, 4) is 40.3 Å². The van der Waals surface area contributed by atoms with Gasteiger partial charge in [0, 0.05) is 12.2 Å². The zero-order chi connectivity index (χ0) is 26.9. The Bertz CT molecular complexity index is 1480. The summed E-state index contributed by atoms with van der Waals surface area (Å²) in [6.45, 7) is 0.467. The van der Waals surface area contributed by atoms with Crippen molar-refractivity contribution in [2.75, 3.05) is 31.7 Å². The monoisotopic (exact) mass is 506 g/mol. The lowest BCUT2D eigenvalue weighted by atomic mass is 10.1. The first-order valence-corrected chi connectivity index (χ1v) is 11.7. The van der Waals surface area contributed by atoms with Crippen molar-refractivity contribution >= 4 is 17.4 Å². The van der Waals surface area contributed by atoms with Crippen molar-refractivity contribution in [2.24, 2.45) is 0 Å². The summed E-state index contributed by atoms with van der Waals surface area (Å²) in [5, 5.41) is 12.1. The van der Waals surface area contributed by atoms with E-state index < -0.39 is 5.91 Å². The number of para-hydroxylation sites is 1. The lowest BCUT2D eigenvalue weighted by Crippen LogP contribution is -2.17. The number of nitriles is 1. The van der Waals surface area contributed by atoms with Gasteiger partial charge in [0.25, 0.3) is 5.91 Å². The van der Waals surface area contributed by atoms with Gasteiger partial charge in [0.15, 0.2) is 0 Å². The average Bonchev–Trinajstić information content (AvgIpc) is 2.91. The molecular weight excluding hydrogens is 480 g/mol. The highest BCUT2D eigenvalue weighted by Gasteiger charge is 2.16. The SMILES string of the molecule is CN(C)C/C=C(\C#N)C(=O)Nc1cccc(-c2c(N)ncnc2Oc2ccc(Oc3ccccc3)cc2)c1. The topological polar surface area (TPSA) is 126 Å². The summed E-state index contributed by atoms with van der Waals surface area (Å²) in [4.78, 5) is 22.9. The number of amides is 1. The molecule has 9 heteroatoms. The number of likely N-dealkylation sites (N-methyl/N-ethyl adjacent to an activating group) is 1. The van der Waals surface area contributed by atoms with E-state index in [1.807, 2.05) is 55.4 Å². The van der Waals surface area contributed by atoms with Gasteiger partial charge in [-0.2, -0.15) is 5.26 Å². The van der Waals surface area contributed by atoms with E-state index in [4.69, 9.17) is 15.2 Å². The number of ether oxygens (including phenoxy) is 2. The van der Waals surface area contributed by atoms with Gasteiger partial charge in [-0.1, -0.05) is 30.3 Å². The lowest BCUT2D eigenvalue weighted by Gasteiger charge is -2.13. The highest BCUT2D eigenvalue weighted by molar-refractivity contribution is 6.06. The standard InChI is InChI=1S/C29H26N6O3/c1-35(2)16-15-21(18-30)28(36)34-22-8-6-7-20(17-22)26-27(31)32-19-33-29(26)38-25-13-11-24(12-14-25)37-23-9-4-3-5-10-23/h3-15,17,19H,16H2,1-2H3,(H,34,36)(H2,31,32,33)/b21-15+. The Balaban J connectivity index is 1.54. The van der Waals surface area contributed by atoms with Crippen molar-refractivity contribution in [3.63, 3.8) is 0 Å². The number of carbonyl (C=O) groups is 1. The molecule has 0 bridgehead atoms. The Kier molecular flexibility index (Phi) is 8.28. The second-order valence-electron chi connectivity index (χ2n) is 8.45. The molecule has 0 saturated carbocycles. The molecule has 0 unspecified atom stereocenters. The molecule has 190 valence electrons. The third-order valence-electron chi connectivity index (χ3n) is 5.29. The molecule has 1 amide bonds. The van der Waals surface area contributed by atoms with Crippen LogP contribution in [0.4, 0.5) is 11.5 Å². The van der Waals surface area contributed by atoms with Gasteiger partial charge in [-0.15, -0.1) is 0 Å². The van der Waals surface area contributed by atoms with E-state index in [9.17, 15) is 10.1 Å². The number of nitrogens with one attached hydrogen (secondary N) is 1. The molecule has 1 heterocycles. The first-order valence-electron chi connectivity index (χ1n) is 11.7. The number of nitrogens with zero attached hydrogens (tertiary/aromatic N) is 4. The molecule has 3 N–H and O–H groups in total. The number of nitrogens with two attached hydrogens (primary N) is 1. The normalized spacial score (nSPS) is 11.1. The van der Waals surface area contributed by atoms with E-state index in [0.717, 1.165) is 5.75 Å². The summed E-state index contributed by atoms with van der Waals surface area (Å²) >= 11 is 0. The van der Waals surface area contributed by atoms with Crippen LogP contribution in [0.3, 0.4) is 0 Å². The Labute approximate surface area is 220 Å². The van der Waals surface area contributed by atoms with Crippen LogP contribution < -0.4 is 20.5 Å². The number of benzene rings is 3. The molecule has 0 aliphatic heterocycles. The molecule has 0 atom stereocenters. The smallest absolute Gasteiger partial charge is 0.266 e. The molecule has 0 aliphatic rings. The van der Waals surface area contributed by atoms with Crippen LogP contribution in [-0.4, -0.2) is 41.4 Å². The van der Waals surface area contributed by atoms with Gasteiger partial charge in [0.05, 0.1) is 5.56 Å². The van der Waals surface area contributed by atoms with Gasteiger partial charge >= 0.3 is 0 Å². The van der Waals surface area contributed by atoms with Crippen LogP contribution in [0.5, 0.6) is 23.1 Å². The highest BCUT2D eigenvalue weighted by Crippen LogP contribution is 2.36. The van der Waals surface area contributed by atoms with E-state index in [-0.39, 0.29) is 17.3 Å². The Morgan fingerprint density at radius 2 is 1.66 bits per heavy atom. The zero-order valence-corrected chi connectivity index (χ0v) is 21.0. The number of carbonyl (C=O) groups excluding carboxylic acids is 1. The second-order valence-corrected chi connectivity index (χ2v) is 8.45. The van der Waals surface area contributed by atoms with Crippen molar-refractivity contribution in [1.82, 2.24) is 14.9 Å². The van der Waals surface area contributed by atoms with Crippen molar-refractivity contribution in [3.05, 3.63) is 96.8 Å². The molecule has 0 saturated heterocycles. The number of hydrogen-bond donors (Lipinski definition) is 2. The van der Waals surface area contributed by atoms with E-state index in [1.54, 1.807) is 54.6 Å². The van der Waals surface area contributed by atoms with E-state index in [0.29, 0.717) is 34.9 Å². The van der Waals surface area contributed by atoms with Crippen LogP contribution >= 0.6 is 0 Å². The summed E-state index contributed by atoms with van der Waals surface area (Å²) in [5.74, 6) is 1.88. The minimum absolute atomic E-state index is 0.0235. The van der Waals surface area contributed by atoms with Crippen molar-refractivity contribution in [2.45, 2.75) is 0 Å². The molecule has 38 heavy (non-hydrogen) atoms. The van der Waals surface area contributed by atoms with Crippen LogP contribution in [0.25, 0.3) is 11.1 Å². The summed E-state index contributed by atoms with van der Waals surface area (Å²) in [6, 6.07) is 25.5. The van der Waals surface area contributed by atoms with E-state index in [1.165, 1.54) is 6.33 Å². The molecule has 4 rings (SSSR count). The number of hydrogen-bond acceptors (Lipinski definition) is 8. The van der Waals surface area contributed by atoms with Gasteiger partial charge in [0.2, 0.25) is 5.88 Å². The third kappa shape index (κ3) is 6.72. The van der Waals surface area contributed by atoms with E-state index >= 15 is 0 Å². The summed E-state index contributed by atoms with van der Waals surface area (Å²) in [5.41, 5.74) is 7.82. The number of anilines is 2. The molecule has 0 spiro atoms. The maximum Gasteiger partial charge on any atom is 0.266 e. The summed E-state index contributed by atoms with van der Waals surface area (Å²) in [6.07, 6.45) is 2.89. The highest BCUT2D eigenvalue weighted by atomic mass is 16.5. The molecule has 9 nitrogen and oxygen atoms in total. The van der Waals surface area contributed by atoms with Crippen molar-refractivity contribution in [1.29, 1.82) is 5.26 Å². The first kappa shape index (κ1) is 25.9. The third-order valence-corrected chi connectivity index (χ3v) is 5.29. The van der Waals surface area contributed by atoms with Gasteiger partial charge in [-0.05, 0) is 74.3 Å². The fraction of sp³-hybridized carbons (Fsp3) is 0.103. The molecular formula is C29H26N6O3. The predicted molar refractivity (Wildman–Crippen MR) is 146 cm³/mol. The van der Waals surface area contributed by atoms with Crippen molar-refractivity contribution < 1.29 is 14.3 Å². The molecule has 3 aromatic carbocycles. The van der Waals surface area contributed by atoms with Crippen LogP contribution in [0.15, 0.2) is 96.8 Å². The Hall–Kier alpha value is -5.20. The van der Waals surface area contributed by atoms with Crippen LogP contribution in [0.2, 0.25) is 0 Å². The molecule has 0 radical (unpaired) electrons. The van der Waals surface area contributed by atoms with E-state index in [2.05, 4.69) is 15.3 Å². The summed E-state index contributed by atoms with van der Waals surface area (Å²) in [7, 11) is 3.71. The molecule has 4 aromatic rings. The second kappa shape index (κ2) is 12.2. The molecule has 0 aliphatic carbocycles. The minimum Gasteiger partial charge on any atom is -0.457 e. The Morgan fingerprint density at radius 3 is 2.34 bits per heavy atom. The Morgan fingerprint density at radius 1 is 0.974 bits per heavy atom. The largest absolute Gasteiger partial charge is 0.457 e. The van der Waals surface area contributed by atoms with Gasteiger partial charge in [-0.3, -0.25) is 4.79 Å². The average molecular weight is 507 g/mol. The molecule has 0 fully saturated rings. The number of nitrogen functional groups attached to an aromatic ring is 1. The first-order chi connectivity index (χ1) is 18.4. The predicted octanol–water partition coefficient (Wildman–Crippen LogP) is 5.26. The maximum absolute atomic E-state index is 12.6. The maximum atomic E-state index is 12.6. The fourth-order valence-corrected chi connectivity index (χ4v) is 3.46. The van der Waals surface area contributed by atoms with Gasteiger partial charge in [-0.25, -0.2) is 9.97 Å². The fourth-order valence-electron chi connectivity index (χ4n) is 3.46. The molecule has 1 aromatic heterocycles. The summed E-state index contributed by atoms with van der Waals surface area (Å²) < 4.78 is 11.9. The van der Waals surface area contributed by atoms with Crippen LogP contribution in [0.1, 0.15) is 0 Å². The van der Waals surface area contributed by atoms with Gasteiger partial charge in [0.1, 0.15) is 41.0 Å². The van der Waals surface area contributed by atoms with Gasteiger partial charge < -0.3 is 25.4 Å². The minimum atomic E-state index is -0.502. The zero-order valence-electron chi connectivity index (χ0n) is 21.0.